The standard InChI is InChI=1S/C19H26/c1-4-15(3)19-11-9-17(10-12-19)14-18-8-6-7-16(5-2)13-18/h8-13,15H,4-7,14H2,1-3H3. The zero-order chi connectivity index (χ0) is 13.7. The van der Waals surface area contributed by atoms with Crippen molar-refractivity contribution in [1.82, 2.24) is 0 Å². The van der Waals surface area contributed by atoms with Gasteiger partial charge in [0.25, 0.3) is 0 Å². The molecule has 1 aromatic rings. The first-order valence-electron chi connectivity index (χ1n) is 7.70. The Morgan fingerprint density at radius 2 is 1.84 bits per heavy atom. The molecule has 2 rings (SSSR count). The first-order chi connectivity index (χ1) is 9.22. The van der Waals surface area contributed by atoms with Gasteiger partial charge in [-0.15, -0.1) is 0 Å². The third-order valence-electron chi connectivity index (χ3n) is 4.28. The highest BCUT2D eigenvalue weighted by molar-refractivity contribution is 5.34. The van der Waals surface area contributed by atoms with Gasteiger partial charge in [0, 0.05) is 0 Å². The number of hydrogen-bond acceptors (Lipinski definition) is 0. The Balaban J connectivity index is 2.04. The van der Waals surface area contributed by atoms with Crippen LogP contribution in [0.25, 0.3) is 0 Å². The van der Waals surface area contributed by atoms with Crippen LogP contribution in [-0.2, 0) is 6.42 Å². The lowest BCUT2D eigenvalue weighted by Crippen LogP contribution is -1.97. The molecule has 0 saturated carbocycles. The summed E-state index contributed by atoms with van der Waals surface area (Å²) in [5, 5.41) is 0. The van der Waals surface area contributed by atoms with Crippen molar-refractivity contribution < 1.29 is 0 Å². The highest BCUT2D eigenvalue weighted by atomic mass is 14.1. The Kier molecular flexibility index (Phi) is 5.01. The number of benzene rings is 1. The van der Waals surface area contributed by atoms with Crippen LogP contribution in [0.1, 0.15) is 63.5 Å². The van der Waals surface area contributed by atoms with Crippen molar-refractivity contribution in [1.29, 1.82) is 0 Å². The van der Waals surface area contributed by atoms with Gasteiger partial charge in [-0.2, -0.15) is 0 Å². The summed E-state index contributed by atoms with van der Waals surface area (Å²) in [7, 11) is 0. The Labute approximate surface area is 118 Å². The van der Waals surface area contributed by atoms with Gasteiger partial charge in [-0.25, -0.2) is 0 Å². The second-order valence-corrected chi connectivity index (χ2v) is 5.70. The molecule has 0 amide bonds. The molecule has 0 spiro atoms. The maximum absolute atomic E-state index is 2.41. The predicted octanol–water partition coefficient (Wildman–Crippen LogP) is 5.80. The molecule has 1 unspecified atom stereocenters. The van der Waals surface area contributed by atoms with Crippen LogP contribution < -0.4 is 0 Å². The summed E-state index contributed by atoms with van der Waals surface area (Å²) in [6, 6.07) is 9.21. The van der Waals surface area contributed by atoms with Crippen molar-refractivity contribution in [3.05, 3.63) is 58.7 Å². The summed E-state index contributed by atoms with van der Waals surface area (Å²) in [6.07, 6.45) is 10.8. The molecule has 0 aromatic heterocycles. The maximum Gasteiger partial charge on any atom is -0.00289 e. The second-order valence-electron chi connectivity index (χ2n) is 5.70. The monoisotopic (exact) mass is 254 g/mol. The lowest BCUT2D eigenvalue weighted by atomic mass is 9.92. The summed E-state index contributed by atoms with van der Waals surface area (Å²) < 4.78 is 0. The molecule has 0 heteroatoms. The summed E-state index contributed by atoms with van der Waals surface area (Å²) in [5.74, 6) is 0.675. The van der Waals surface area contributed by atoms with Gasteiger partial charge in [0.1, 0.15) is 0 Å². The highest BCUT2D eigenvalue weighted by Crippen LogP contribution is 2.24. The fourth-order valence-corrected chi connectivity index (χ4v) is 2.67. The third kappa shape index (κ3) is 3.83. The van der Waals surface area contributed by atoms with Crippen LogP contribution in [0.2, 0.25) is 0 Å². The fraction of sp³-hybridized carbons (Fsp3) is 0.474. The van der Waals surface area contributed by atoms with Gasteiger partial charge >= 0.3 is 0 Å². The van der Waals surface area contributed by atoms with E-state index in [0.717, 1.165) is 6.42 Å². The molecule has 102 valence electrons. The van der Waals surface area contributed by atoms with Gasteiger partial charge < -0.3 is 0 Å². The Morgan fingerprint density at radius 3 is 2.47 bits per heavy atom. The molecule has 0 N–H and O–H groups in total. The Morgan fingerprint density at radius 1 is 1.11 bits per heavy atom. The minimum absolute atomic E-state index is 0.675. The average Bonchev–Trinajstić information content (AvgIpc) is 2.47. The van der Waals surface area contributed by atoms with Crippen LogP contribution in [0.3, 0.4) is 0 Å². The van der Waals surface area contributed by atoms with E-state index in [-0.39, 0.29) is 0 Å². The molecule has 1 aliphatic rings. The van der Waals surface area contributed by atoms with E-state index < -0.39 is 0 Å². The molecule has 0 heterocycles. The molecule has 1 aliphatic carbocycles. The molecule has 0 nitrogen and oxygen atoms in total. The quantitative estimate of drug-likeness (QED) is 0.623. The Hall–Kier alpha value is -1.30. The van der Waals surface area contributed by atoms with E-state index in [0.29, 0.717) is 5.92 Å². The molecular weight excluding hydrogens is 228 g/mol. The van der Waals surface area contributed by atoms with Crippen LogP contribution in [0.5, 0.6) is 0 Å². The van der Waals surface area contributed by atoms with Crippen molar-refractivity contribution in [3.8, 4) is 0 Å². The number of hydrogen-bond donors (Lipinski definition) is 0. The van der Waals surface area contributed by atoms with Crippen molar-refractivity contribution >= 4 is 0 Å². The summed E-state index contributed by atoms with van der Waals surface area (Å²) in [4.78, 5) is 0. The molecule has 19 heavy (non-hydrogen) atoms. The third-order valence-corrected chi connectivity index (χ3v) is 4.28. The van der Waals surface area contributed by atoms with Crippen LogP contribution in [-0.4, -0.2) is 0 Å². The lowest BCUT2D eigenvalue weighted by Gasteiger charge is -2.14. The van der Waals surface area contributed by atoms with E-state index in [2.05, 4.69) is 57.2 Å². The SMILES string of the molecule is CCC1=CC(Cc2ccc(C(C)CC)cc2)=CCC1. The minimum atomic E-state index is 0.675. The molecule has 0 radical (unpaired) electrons. The average molecular weight is 254 g/mol. The predicted molar refractivity (Wildman–Crippen MR) is 84.5 cm³/mol. The van der Waals surface area contributed by atoms with E-state index in [1.165, 1.54) is 42.4 Å². The molecule has 0 bridgehead atoms. The zero-order valence-corrected chi connectivity index (χ0v) is 12.6. The first kappa shape index (κ1) is 14.1. The molecule has 1 atom stereocenters. The number of allylic oxidation sites excluding steroid dienone is 4. The topological polar surface area (TPSA) is 0 Å². The molecule has 0 fully saturated rings. The van der Waals surface area contributed by atoms with E-state index in [4.69, 9.17) is 0 Å². The van der Waals surface area contributed by atoms with E-state index in [9.17, 15) is 0 Å². The van der Waals surface area contributed by atoms with Crippen molar-refractivity contribution in [3.63, 3.8) is 0 Å². The first-order valence-corrected chi connectivity index (χ1v) is 7.70. The highest BCUT2D eigenvalue weighted by Gasteiger charge is 2.06. The maximum atomic E-state index is 2.41. The molecule has 0 saturated heterocycles. The van der Waals surface area contributed by atoms with Crippen molar-refractivity contribution in [2.75, 3.05) is 0 Å². The Bertz CT molecular complexity index is 459. The number of rotatable bonds is 5. The van der Waals surface area contributed by atoms with Gasteiger partial charge in [-0.05, 0) is 54.7 Å². The second kappa shape index (κ2) is 6.75. The van der Waals surface area contributed by atoms with E-state index in [1.807, 2.05) is 0 Å². The largest absolute Gasteiger partial charge is 0.0807 e. The van der Waals surface area contributed by atoms with Crippen molar-refractivity contribution in [2.24, 2.45) is 0 Å². The van der Waals surface area contributed by atoms with Gasteiger partial charge in [0.2, 0.25) is 0 Å². The minimum Gasteiger partial charge on any atom is -0.0807 e. The van der Waals surface area contributed by atoms with E-state index in [1.54, 1.807) is 5.57 Å². The summed E-state index contributed by atoms with van der Waals surface area (Å²) in [6.45, 7) is 6.81. The van der Waals surface area contributed by atoms with Gasteiger partial charge in [0.15, 0.2) is 0 Å². The fourth-order valence-electron chi connectivity index (χ4n) is 2.67. The van der Waals surface area contributed by atoms with Crippen molar-refractivity contribution in [2.45, 2.75) is 58.8 Å². The molecule has 1 aromatic carbocycles. The summed E-state index contributed by atoms with van der Waals surface area (Å²) in [5.41, 5.74) is 6.01. The van der Waals surface area contributed by atoms with Crippen LogP contribution in [0.15, 0.2) is 47.6 Å². The molecular formula is C19H26. The normalized spacial score (nSPS) is 16.8. The lowest BCUT2D eigenvalue weighted by molar-refractivity contribution is 0.733. The van der Waals surface area contributed by atoms with Crippen LogP contribution in [0.4, 0.5) is 0 Å². The smallest absolute Gasteiger partial charge is 0.00289 e. The molecule has 0 aliphatic heterocycles. The van der Waals surface area contributed by atoms with Gasteiger partial charge in [-0.1, -0.05) is 62.8 Å². The summed E-state index contributed by atoms with van der Waals surface area (Å²) >= 11 is 0. The van der Waals surface area contributed by atoms with E-state index >= 15 is 0 Å². The van der Waals surface area contributed by atoms with Crippen LogP contribution >= 0.6 is 0 Å². The zero-order valence-electron chi connectivity index (χ0n) is 12.6. The van der Waals surface area contributed by atoms with Gasteiger partial charge in [0.05, 0.1) is 0 Å². The van der Waals surface area contributed by atoms with Crippen LogP contribution in [0, 0.1) is 0 Å². The van der Waals surface area contributed by atoms with Gasteiger partial charge in [-0.3, -0.25) is 0 Å².